The van der Waals surface area contributed by atoms with Crippen LogP contribution in [-0.2, 0) is 6.42 Å². The molecule has 0 amide bonds. The van der Waals surface area contributed by atoms with Crippen molar-refractivity contribution in [3.63, 3.8) is 0 Å². The number of nitro groups is 1. The molecule has 0 heterocycles. The molecule has 80 valence electrons. The second-order valence-electron chi connectivity index (χ2n) is 4.11. The van der Waals surface area contributed by atoms with E-state index >= 15 is 0 Å². The first-order valence-electron chi connectivity index (χ1n) is 4.71. The zero-order valence-corrected chi connectivity index (χ0v) is 9.66. The molecule has 1 saturated carbocycles. The number of rotatable bonds is 3. The summed E-state index contributed by atoms with van der Waals surface area (Å²) in [6, 6.07) is 4.98. The number of nitrogens with zero attached hydrogens (tertiary/aromatic N) is 1. The predicted octanol–water partition coefficient (Wildman–Crippen LogP) is 2.39. The first kappa shape index (κ1) is 10.6. The fourth-order valence-electron chi connectivity index (χ4n) is 1.58. The minimum absolute atomic E-state index is 0.114. The monoisotopic (exact) mass is 270 g/mol. The third kappa shape index (κ3) is 2.54. The zero-order valence-electron chi connectivity index (χ0n) is 8.07. The molecular formula is C10H11BrN2O2. The van der Waals surface area contributed by atoms with Crippen molar-refractivity contribution in [1.29, 1.82) is 0 Å². The molecule has 1 aliphatic carbocycles. The molecule has 1 aromatic carbocycles. The van der Waals surface area contributed by atoms with Gasteiger partial charge in [-0.1, -0.05) is 15.9 Å². The van der Waals surface area contributed by atoms with Gasteiger partial charge in [0.2, 0.25) is 0 Å². The Labute approximate surface area is 95.7 Å². The van der Waals surface area contributed by atoms with Gasteiger partial charge in [-0.15, -0.1) is 0 Å². The van der Waals surface area contributed by atoms with E-state index in [0.29, 0.717) is 6.42 Å². The van der Waals surface area contributed by atoms with Crippen LogP contribution in [-0.4, -0.2) is 10.5 Å². The minimum Gasteiger partial charge on any atom is -0.325 e. The number of benzene rings is 1. The van der Waals surface area contributed by atoms with Crippen molar-refractivity contribution in [1.82, 2.24) is 0 Å². The predicted molar refractivity (Wildman–Crippen MR) is 60.7 cm³/mol. The summed E-state index contributed by atoms with van der Waals surface area (Å²) in [4.78, 5) is 10.3. The van der Waals surface area contributed by atoms with Crippen molar-refractivity contribution >= 4 is 21.6 Å². The van der Waals surface area contributed by atoms with Crippen LogP contribution in [0, 0.1) is 10.1 Å². The molecule has 15 heavy (non-hydrogen) atoms. The lowest BCUT2D eigenvalue weighted by Gasteiger charge is -2.08. The summed E-state index contributed by atoms with van der Waals surface area (Å²) in [6.07, 6.45) is 2.73. The molecule has 2 rings (SSSR count). The molecular weight excluding hydrogens is 260 g/mol. The van der Waals surface area contributed by atoms with E-state index in [1.54, 1.807) is 6.07 Å². The van der Waals surface area contributed by atoms with E-state index < -0.39 is 0 Å². The molecule has 1 fully saturated rings. The van der Waals surface area contributed by atoms with E-state index in [1.807, 2.05) is 6.07 Å². The molecule has 0 saturated heterocycles. The van der Waals surface area contributed by atoms with Crippen LogP contribution in [0.15, 0.2) is 22.7 Å². The van der Waals surface area contributed by atoms with Crippen LogP contribution in [0.5, 0.6) is 0 Å². The molecule has 0 unspecified atom stereocenters. The van der Waals surface area contributed by atoms with Crippen molar-refractivity contribution in [3.05, 3.63) is 38.3 Å². The van der Waals surface area contributed by atoms with E-state index in [-0.39, 0.29) is 16.1 Å². The molecule has 1 aliphatic rings. The summed E-state index contributed by atoms with van der Waals surface area (Å²) in [5.41, 5.74) is 6.89. The normalized spacial score (nSPS) is 17.5. The fourth-order valence-corrected chi connectivity index (χ4v) is 2.11. The van der Waals surface area contributed by atoms with Gasteiger partial charge in [0.05, 0.1) is 4.92 Å². The lowest BCUT2D eigenvalue weighted by atomic mass is 10.0. The molecule has 0 aromatic heterocycles. The minimum atomic E-state index is -0.385. The van der Waals surface area contributed by atoms with Gasteiger partial charge >= 0.3 is 0 Å². The van der Waals surface area contributed by atoms with Crippen molar-refractivity contribution < 1.29 is 4.92 Å². The van der Waals surface area contributed by atoms with Gasteiger partial charge in [0.1, 0.15) is 0 Å². The molecule has 0 bridgehead atoms. The zero-order chi connectivity index (χ0) is 11.1. The highest BCUT2D eigenvalue weighted by atomic mass is 79.9. The van der Waals surface area contributed by atoms with Crippen molar-refractivity contribution in [2.45, 2.75) is 24.8 Å². The average Bonchev–Trinajstić information content (AvgIpc) is 2.81. The first-order valence-corrected chi connectivity index (χ1v) is 5.51. The fraction of sp³-hybridized carbons (Fsp3) is 0.400. The first-order chi connectivity index (χ1) is 6.98. The van der Waals surface area contributed by atoms with Crippen molar-refractivity contribution in [2.24, 2.45) is 5.73 Å². The SMILES string of the molecule is NC1(Cc2cc(Br)cc([N+](=O)[O-])c2)CC1. The van der Waals surface area contributed by atoms with Gasteiger partial charge in [-0.05, 0) is 30.9 Å². The van der Waals surface area contributed by atoms with Crippen LogP contribution in [0.3, 0.4) is 0 Å². The van der Waals surface area contributed by atoms with Gasteiger partial charge in [0.25, 0.3) is 5.69 Å². The molecule has 0 atom stereocenters. The van der Waals surface area contributed by atoms with Crippen LogP contribution in [0.4, 0.5) is 5.69 Å². The maximum atomic E-state index is 10.6. The summed E-state index contributed by atoms with van der Waals surface area (Å²) in [7, 11) is 0. The lowest BCUT2D eigenvalue weighted by molar-refractivity contribution is -0.385. The lowest BCUT2D eigenvalue weighted by Crippen LogP contribution is -2.24. The Morgan fingerprint density at radius 2 is 2.13 bits per heavy atom. The molecule has 0 radical (unpaired) electrons. The van der Waals surface area contributed by atoms with Gasteiger partial charge in [0.15, 0.2) is 0 Å². The molecule has 1 aromatic rings. The van der Waals surface area contributed by atoms with Crippen LogP contribution < -0.4 is 5.73 Å². The topological polar surface area (TPSA) is 69.2 Å². The summed E-state index contributed by atoms with van der Waals surface area (Å²) in [6.45, 7) is 0. The Balaban J connectivity index is 2.27. The smallest absolute Gasteiger partial charge is 0.270 e. The Morgan fingerprint density at radius 3 is 2.67 bits per heavy atom. The molecule has 4 nitrogen and oxygen atoms in total. The number of nitro benzene ring substituents is 1. The molecule has 2 N–H and O–H groups in total. The quantitative estimate of drug-likeness (QED) is 0.677. The van der Waals surface area contributed by atoms with Gasteiger partial charge in [-0.3, -0.25) is 10.1 Å². The summed E-state index contributed by atoms with van der Waals surface area (Å²) in [5.74, 6) is 0. The number of halogens is 1. The molecule has 5 heteroatoms. The van der Waals surface area contributed by atoms with Crippen LogP contribution in [0.25, 0.3) is 0 Å². The molecule has 0 spiro atoms. The number of hydrogen-bond acceptors (Lipinski definition) is 3. The second kappa shape index (κ2) is 3.57. The molecule has 0 aliphatic heterocycles. The van der Waals surface area contributed by atoms with Gasteiger partial charge in [0, 0.05) is 22.1 Å². The van der Waals surface area contributed by atoms with Gasteiger partial charge in [-0.2, -0.15) is 0 Å². The summed E-state index contributed by atoms with van der Waals surface area (Å²) < 4.78 is 0.732. The van der Waals surface area contributed by atoms with Crippen LogP contribution in [0.1, 0.15) is 18.4 Å². The second-order valence-corrected chi connectivity index (χ2v) is 5.03. The van der Waals surface area contributed by atoms with E-state index in [1.165, 1.54) is 6.07 Å². The highest BCUT2D eigenvalue weighted by Gasteiger charge is 2.38. The third-order valence-electron chi connectivity index (χ3n) is 2.60. The van der Waals surface area contributed by atoms with E-state index in [2.05, 4.69) is 15.9 Å². The average molecular weight is 271 g/mol. The Hall–Kier alpha value is -0.940. The number of nitrogens with two attached hydrogens (primary N) is 1. The van der Waals surface area contributed by atoms with Crippen LogP contribution in [0.2, 0.25) is 0 Å². The standard InChI is InChI=1S/C10H11BrN2O2/c11-8-3-7(6-10(12)1-2-10)4-9(5-8)13(14)15/h3-5H,1-2,6,12H2. The summed E-state index contributed by atoms with van der Waals surface area (Å²) >= 11 is 3.26. The third-order valence-corrected chi connectivity index (χ3v) is 3.06. The van der Waals surface area contributed by atoms with Gasteiger partial charge in [-0.25, -0.2) is 0 Å². The Morgan fingerprint density at radius 1 is 1.47 bits per heavy atom. The Bertz CT molecular complexity index is 416. The summed E-state index contributed by atoms with van der Waals surface area (Å²) in [5, 5.41) is 10.6. The van der Waals surface area contributed by atoms with Crippen LogP contribution >= 0.6 is 15.9 Å². The number of non-ortho nitro benzene ring substituents is 1. The highest BCUT2D eigenvalue weighted by molar-refractivity contribution is 9.10. The highest BCUT2D eigenvalue weighted by Crippen LogP contribution is 2.36. The van der Waals surface area contributed by atoms with E-state index in [4.69, 9.17) is 5.73 Å². The maximum absolute atomic E-state index is 10.6. The maximum Gasteiger partial charge on any atom is 0.270 e. The largest absolute Gasteiger partial charge is 0.325 e. The van der Waals surface area contributed by atoms with Gasteiger partial charge < -0.3 is 5.73 Å². The van der Waals surface area contributed by atoms with E-state index in [9.17, 15) is 10.1 Å². The number of hydrogen-bond donors (Lipinski definition) is 1. The van der Waals surface area contributed by atoms with Crippen molar-refractivity contribution in [2.75, 3.05) is 0 Å². The Kier molecular flexibility index (Phi) is 2.52. The van der Waals surface area contributed by atoms with E-state index in [0.717, 1.165) is 22.9 Å². The van der Waals surface area contributed by atoms with Crippen molar-refractivity contribution in [3.8, 4) is 0 Å².